The number of ketones is 1. The number of carbonyl (C=O) groups excluding carboxylic acids is 2. The highest BCUT2D eigenvalue weighted by molar-refractivity contribution is 6.51. The molecule has 1 heterocycles. The first-order valence-electron chi connectivity index (χ1n) is 12.7. The molecular weight excluding hydrogens is 476 g/mol. The number of hydrogen-bond donors (Lipinski definition) is 1. The van der Waals surface area contributed by atoms with Crippen molar-refractivity contribution in [1.29, 1.82) is 5.26 Å². The minimum atomic E-state index is -0.839. The first-order valence-corrected chi connectivity index (χ1v) is 12.7. The predicted octanol–water partition coefficient (Wildman–Crippen LogP) is 6.52. The molecule has 6 heteroatoms. The summed E-state index contributed by atoms with van der Waals surface area (Å²) in [5.41, 5.74) is 3.05. The van der Waals surface area contributed by atoms with Gasteiger partial charge in [0, 0.05) is 11.3 Å². The quantitative estimate of drug-likeness (QED) is 0.233. The summed E-state index contributed by atoms with van der Waals surface area (Å²) in [6, 6.07) is 22.3. The summed E-state index contributed by atoms with van der Waals surface area (Å²) < 4.78 is 5.74. The second kappa shape index (κ2) is 10.5. The number of benzene rings is 3. The van der Waals surface area contributed by atoms with Gasteiger partial charge in [0.2, 0.25) is 0 Å². The number of Topliss-reactive ketones (excluding diaryl/α,β-unsaturated/α-hetero) is 1. The second-order valence-corrected chi connectivity index (χ2v) is 10.9. The number of amides is 1. The molecule has 1 aliphatic rings. The molecular formula is C32H32N2O4. The van der Waals surface area contributed by atoms with Crippen molar-refractivity contribution in [3.63, 3.8) is 0 Å². The van der Waals surface area contributed by atoms with Crippen molar-refractivity contribution in [3.8, 4) is 11.8 Å². The van der Waals surface area contributed by atoms with Gasteiger partial charge >= 0.3 is 0 Å². The van der Waals surface area contributed by atoms with Crippen LogP contribution in [0.15, 0.2) is 78.4 Å². The van der Waals surface area contributed by atoms with E-state index in [0.29, 0.717) is 40.7 Å². The molecule has 3 aromatic rings. The maximum atomic E-state index is 13.4. The highest BCUT2D eigenvalue weighted by Crippen LogP contribution is 2.42. The normalized spacial score (nSPS) is 17.1. The van der Waals surface area contributed by atoms with E-state index >= 15 is 0 Å². The molecule has 1 unspecified atom stereocenters. The Hall–Kier alpha value is -4.37. The van der Waals surface area contributed by atoms with Crippen LogP contribution in [-0.4, -0.2) is 23.4 Å². The van der Waals surface area contributed by atoms with Gasteiger partial charge in [0.1, 0.15) is 11.5 Å². The van der Waals surface area contributed by atoms with Gasteiger partial charge in [-0.15, -0.1) is 0 Å². The monoisotopic (exact) mass is 508 g/mol. The molecule has 0 aromatic heterocycles. The molecule has 3 aromatic carbocycles. The summed E-state index contributed by atoms with van der Waals surface area (Å²) in [5, 5.41) is 20.6. The molecule has 4 rings (SSSR count). The Kier molecular flexibility index (Phi) is 7.41. The molecule has 0 saturated carbocycles. The molecule has 0 bridgehead atoms. The summed E-state index contributed by atoms with van der Waals surface area (Å²) in [5.74, 6) is -0.733. The fourth-order valence-electron chi connectivity index (χ4n) is 4.40. The van der Waals surface area contributed by atoms with E-state index in [4.69, 9.17) is 4.74 Å². The number of carbonyl (C=O) groups is 2. The van der Waals surface area contributed by atoms with Crippen LogP contribution in [0.2, 0.25) is 0 Å². The largest absolute Gasteiger partial charge is 0.507 e. The van der Waals surface area contributed by atoms with Gasteiger partial charge in [-0.3, -0.25) is 14.5 Å². The lowest BCUT2D eigenvalue weighted by atomic mass is 9.85. The number of nitriles is 1. The van der Waals surface area contributed by atoms with Crippen LogP contribution in [0.3, 0.4) is 0 Å². The number of aliphatic hydroxyl groups is 1. The van der Waals surface area contributed by atoms with Crippen molar-refractivity contribution < 1.29 is 19.4 Å². The minimum Gasteiger partial charge on any atom is -0.507 e. The molecule has 0 aliphatic carbocycles. The van der Waals surface area contributed by atoms with Gasteiger partial charge in [-0.25, -0.2) is 0 Å². The third-order valence-corrected chi connectivity index (χ3v) is 6.52. The van der Waals surface area contributed by atoms with Crippen molar-refractivity contribution in [2.24, 2.45) is 5.92 Å². The second-order valence-electron chi connectivity index (χ2n) is 10.9. The molecule has 1 atom stereocenters. The van der Waals surface area contributed by atoms with E-state index in [1.807, 2.05) is 24.3 Å². The molecule has 1 amide bonds. The van der Waals surface area contributed by atoms with Gasteiger partial charge in [-0.1, -0.05) is 58.9 Å². The Bertz CT molecular complexity index is 1400. The van der Waals surface area contributed by atoms with Gasteiger partial charge in [0.15, 0.2) is 0 Å². The first kappa shape index (κ1) is 26.7. The maximum absolute atomic E-state index is 13.4. The third-order valence-electron chi connectivity index (χ3n) is 6.52. The lowest BCUT2D eigenvalue weighted by Gasteiger charge is -2.26. The third kappa shape index (κ3) is 5.33. The minimum absolute atomic E-state index is 0.0127. The Balaban J connectivity index is 1.83. The van der Waals surface area contributed by atoms with Gasteiger partial charge in [-0.2, -0.15) is 5.26 Å². The maximum Gasteiger partial charge on any atom is 0.300 e. The molecule has 194 valence electrons. The van der Waals surface area contributed by atoms with E-state index in [9.17, 15) is 20.0 Å². The SMILES string of the molecule is CC(C)COc1ccc(/C(O)=C2/C(=O)C(=O)N(c3ccc(C#N)cc3)C2c2ccc(C(C)(C)C)cc2)cc1. The van der Waals surface area contributed by atoms with E-state index in [0.717, 1.165) is 5.56 Å². The van der Waals surface area contributed by atoms with E-state index in [-0.39, 0.29) is 16.7 Å². The van der Waals surface area contributed by atoms with Gasteiger partial charge in [0.05, 0.1) is 29.9 Å². The van der Waals surface area contributed by atoms with Crippen LogP contribution in [-0.2, 0) is 15.0 Å². The molecule has 38 heavy (non-hydrogen) atoms. The lowest BCUT2D eigenvalue weighted by molar-refractivity contribution is -0.132. The molecule has 0 spiro atoms. The van der Waals surface area contributed by atoms with Crippen LogP contribution in [0.1, 0.15) is 62.9 Å². The number of rotatable bonds is 6. The molecule has 6 nitrogen and oxygen atoms in total. The van der Waals surface area contributed by atoms with Gasteiger partial charge in [0.25, 0.3) is 11.7 Å². The van der Waals surface area contributed by atoms with Crippen LogP contribution < -0.4 is 9.64 Å². The Morgan fingerprint density at radius 3 is 2.11 bits per heavy atom. The summed E-state index contributed by atoms with van der Waals surface area (Å²) in [7, 11) is 0. The number of nitrogens with zero attached hydrogens (tertiary/aromatic N) is 2. The summed E-state index contributed by atoms with van der Waals surface area (Å²) in [6.07, 6.45) is 0. The van der Waals surface area contributed by atoms with Crippen molar-refractivity contribution in [2.75, 3.05) is 11.5 Å². The summed E-state index contributed by atoms with van der Waals surface area (Å²) in [4.78, 5) is 28.2. The highest BCUT2D eigenvalue weighted by Gasteiger charge is 2.47. The zero-order chi connectivity index (χ0) is 27.6. The Morgan fingerprint density at radius 1 is 0.974 bits per heavy atom. The van der Waals surface area contributed by atoms with Crippen molar-refractivity contribution in [3.05, 3.63) is 101 Å². The van der Waals surface area contributed by atoms with Crippen LogP contribution in [0, 0.1) is 17.2 Å². The zero-order valence-electron chi connectivity index (χ0n) is 22.4. The van der Waals surface area contributed by atoms with Crippen molar-refractivity contribution in [1.82, 2.24) is 0 Å². The van der Waals surface area contributed by atoms with E-state index in [1.165, 1.54) is 4.90 Å². The standard InChI is InChI=1S/C32H32N2O4/c1-20(2)19-38-26-16-10-23(11-17-26)29(35)27-28(22-8-12-24(13-9-22)32(3,4)5)34(31(37)30(27)36)25-14-6-21(18-33)7-15-25/h6-17,20,28,35H,19H2,1-5H3/b29-27-. The first-order chi connectivity index (χ1) is 18.0. The van der Waals surface area contributed by atoms with Gasteiger partial charge < -0.3 is 9.84 Å². The summed E-state index contributed by atoms with van der Waals surface area (Å²) >= 11 is 0. The van der Waals surface area contributed by atoms with Crippen LogP contribution >= 0.6 is 0 Å². The number of anilines is 1. The fraction of sp³-hybridized carbons (Fsp3) is 0.281. The molecule has 1 saturated heterocycles. The van der Waals surface area contributed by atoms with Crippen molar-refractivity contribution >= 4 is 23.1 Å². The number of aliphatic hydroxyl groups excluding tert-OH is 1. The molecule has 1 fully saturated rings. The smallest absolute Gasteiger partial charge is 0.300 e. The fourth-order valence-corrected chi connectivity index (χ4v) is 4.40. The van der Waals surface area contributed by atoms with Crippen LogP contribution in [0.5, 0.6) is 5.75 Å². The Morgan fingerprint density at radius 2 is 1.58 bits per heavy atom. The van der Waals surface area contributed by atoms with E-state index < -0.39 is 17.7 Å². The number of hydrogen-bond acceptors (Lipinski definition) is 5. The average molecular weight is 509 g/mol. The van der Waals surface area contributed by atoms with Gasteiger partial charge in [-0.05, 0) is 71.0 Å². The predicted molar refractivity (Wildman–Crippen MR) is 148 cm³/mol. The Labute approximate surface area is 223 Å². The van der Waals surface area contributed by atoms with E-state index in [1.54, 1.807) is 48.5 Å². The molecule has 0 radical (unpaired) electrons. The molecule has 1 N–H and O–H groups in total. The summed E-state index contributed by atoms with van der Waals surface area (Å²) in [6.45, 7) is 11.0. The highest BCUT2D eigenvalue weighted by atomic mass is 16.5. The zero-order valence-corrected chi connectivity index (χ0v) is 22.4. The molecule has 1 aliphatic heterocycles. The van der Waals surface area contributed by atoms with Crippen molar-refractivity contribution in [2.45, 2.75) is 46.1 Å². The van der Waals surface area contributed by atoms with Crippen LogP contribution in [0.25, 0.3) is 5.76 Å². The average Bonchev–Trinajstić information content (AvgIpc) is 3.17. The van der Waals surface area contributed by atoms with Crippen LogP contribution in [0.4, 0.5) is 5.69 Å². The number of ether oxygens (including phenoxy) is 1. The lowest BCUT2D eigenvalue weighted by Crippen LogP contribution is -2.29. The topological polar surface area (TPSA) is 90.6 Å². The van der Waals surface area contributed by atoms with E-state index in [2.05, 4.69) is 40.7 Å².